The highest BCUT2D eigenvalue weighted by molar-refractivity contribution is 7.93. The molecule has 1 N–H and O–H groups in total. The zero-order valence-corrected chi connectivity index (χ0v) is 18.0. The zero-order chi connectivity index (χ0) is 20.6. The van der Waals surface area contributed by atoms with Gasteiger partial charge in [-0.3, -0.25) is 4.31 Å². The molecule has 0 aromatic heterocycles. The van der Waals surface area contributed by atoms with Crippen molar-refractivity contribution in [2.75, 3.05) is 17.4 Å². The maximum absolute atomic E-state index is 13.3. The molecule has 0 aliphatic heterocycles. The Hall–Kier alpha value is -1.90. The van der Waals surface area contributed by atoms with Crippen LogP contribution in [0.5, 0.6) is 0 Å². The first-order chi connectivity index (χ1) is 13.3. The van der Waals surface area contributed by atoms with Gasteiger partial charge in [0.05, 0.1) is 10.6 Å². The maximum Gasteiger partial charge on any atom is 0.264 e. The lowest BCUT2D eigenvalue weighted by Crippen LogP contribution is -2.34. The SMILES string of the molecule is CCCCNS(=O)(=O)c1ccccc1N(CCCC)S(=O)(=O)c1ccccc1. The van der Waals surface area contributed by atoms with Gasteiger partial charge in [-0.25, -0.2) is 21.6 Å². The molecule has 0 saturated heterocycles. The van der Waals surface area contributed by atoms with E-state index in [4.69, 9.17) is 0 Å². The van der Waals surface area contributed by atoms with Crippen LogP contribution in [0.2, 0.25) is 0 Å². The van der Waals surface area contributed by atoms with Crippen LogP contribution >= 0.6 is 0 Å². The van der Waals surface area contributed by atoms with E-state index in [0.29, 0.717) is 19.4 Å². The molecular weight excluding hydrogens is 396 g/mol. The lowest BCUT2D eigenvalue weighted by atomic mass is 10.3. The van der Waals surface area contributed by atoms with Crippen LogP contribution in [-0.2, 0) is 20.0 Å². The van der Waals surface area contributed by atoms with E-state index in [1.807, 2.05) is 13.8 Å². The lowest BCUT2D eigenvalue weighted by molar-refractivity contribution is 0.577. The molecule has 0 atom stereocenters. The largest absolute Gasteiger partial charge is 0.265 e. The topological polar surface area (TPSA) is 83.6 Å². The van der Waals surface area contributed by atoms with Crippen LogP contribution in [0.25, 0.3) is 0 Å². The number of nitrogens with one attached hydrogen (secondary N) is 1. The molecule has 0 unspecified atom stereocenters. The number of para-hydroxylation sites is 1. The average Bonchev–Trinajstić information content (AvgIpc) is 2.69. The van der Waals surface area contributed by atoms with E-state index in [1.165, 1.54) is 22.5 Å². The quantitative estimate of drug-likeness (QED) is 0.557. The summed E-state index contributed by atoms with van der Waals surface area (Å²) >= 11 is 0. The summed E-state index contributed by atoms with van der Waals surface area (Å²) in [6.07, 6.45) is 2.96. The molecule has 0 amide bonds. The fourth-order valence-corrected chi connectivity index (χ4v) is 5.62. The van der Waals surface area contributed by atoms with Crippen molar-refractivity contribution in [3.63, 3.8) is 0 Å². The summed E-state index contributed by atoms with van der Waals surface area (Å²) in [5, 5.41) is 0. The first-order valence-electron chi connectivity index (χ1n) is 9.51. The van der Waals surface area contributed by atoms with Gasteiger partial charge in [0.15, 0.2) is 0 Å². The minimum Gasteiger partial charge on any atom is -0.265 e. The van der Waals surface area contributed by atoms with Gasteiger partial charge in [0.25, 0.3) is 10.0 Å². The Morgan fingerprint density at radius 1 is 0.821 bits per heavy atom. The standard InChI is InChI=1S/C20H28N2O4S2/c1-3-5-16-21-27(23,24)20-15-11-10-14-19(20)22(17-6-4-2)28(25,26)18-12-8-7-9-13-18/h7-15,21H,3-6,16-17H2,1-2H3. The summed E-state index contributed by atoms with van der Waals surface area (Å²) in [5.41, 5.74) is 0.170. The smallest absolute Gasteiger partial charge is 0.264 e. The van der Waals surface area contributed by atoms with Gasteiger partial charge in [-0.1, -0.05) is 57.0 Å². The van der Waals surface area contributed by atoms with Crippen LogP contribution < -0.4 is 9.03 Å². The fraction of sp³-hybridized carbons (Fsp3) is 0.400. The molecule has 0 heterocycles. The van der Waals surface area contributed by atoms with E-state index < -0.39 is 20.0 Å². The van der Waals surface area contributed by atoms with Crippen molar-refractivity contribution in [2.45, 2.75) is 49.3 Å². The van der Waals surface area contributed by atoms with E-state index in [0.717, 1.165) is 12.8 Å². The minimum atomic E-state index is -3.89. The highest BCUT2D eigenvalue weighted by Crippen LogP contribution is 2.30. The second-order valence-electron chi connectivity index (χ2n) is 6.46. The van der Waals surface area contributed by atoms with Gasteiger partial charge in [0.2, 0.25) is 10.0 Å². The first-order valence-corrected chi connectivity index (χ1v) is 12.4. The second-order valence-corrected chi connectivity index (χ2v) is 10.1. The van der Waals surface area contributed by atoms with Crippen LogP contribution in [-0.4, -0.2) is 29.9 Å². The molecule has 2 aromatic carbocycles. The van der Waals surface area contributed by atoms with Crippen LogP contribution in [0.1, 0.15) is 39.5 Å². The van der Waals surface area contributed by atoms with Crippen molar-refractivity contribution in [3.05, 3.63) is 54.6 Å². The van der Waals surface area contributed by atoms with Crippen molar-refractivity contribution < 1.29 is 16.8 Å². The summed E-state index contributed by atoms with van der Waals surface area (Å²) in [7, 11) is -7.73. The van der Waals surface area contributed by atoms with Crippen LogP contribution in [0.3, 0.4) is 0 Å². The molecule has 2 rings (SSSR count). The van der Waals surface area contributed by atoms with Gasteiger partial charge in [-0.2, -0.15) is 0 Å². The van der Waals surface area contributed by atoms with Crippen molar-refractivity contribution in [2.24, 2.45) is 0 Å². The van der Waals surface area contributed by atoms with E-state index in [1.54, 1.807) is 36.4 Å². The number of unbranched alkanes of at least 4 members (excludes halogenated alkanes) is 2. The molecule has 0 saturated carbocycles. The predicted octanol–water partition coefficient (Wildman–Crippen LogP) is 3.76. The van der Waals surface area contributed by atoms with Gasteiger partial charge in [-0.05, 0) is 37.1 Å². The highest BCUT2D eigenvalue weighted by Gasteiger charge is 2.29. The molecule has 28 heavy (non-hydrogen) atoms. The summed E-state index contributed by atoms with van der Waals surface area (Å²) in [4.78, 5) is 0.110. The van der Waals surface area contributed by atoms with Gasteiger partial charge < -0.3 is 0 Å². The number of sulfonamides is 2. The molecule has 0 spiro atoms. The summed E-state index contributed by atoms with van der Waals surface area (Å²) < 4.78 is 56.0. The van der Waals surface area contributed by atoms with Gasteiger partial charge in [-0.15, -0.1) is 0 Å². The minimum absolute atomic E-state index is 0.0262. The molecule has 0 bridgehead atoms. The van der Waals surface area contributed by atoms with E-state index in [-0.39, 0.29) is 22.0 Å². The van der Waals surface area contributed by atoms with Crippen LogP contribution in [0.4, 0.5) is 5.69 Å². The Morgan fingerprint density at radius 2 is 1.43 bits per heavy atom. The van der Waals surface area contributed by atoms with Crippen molar-refractivity contribution in [1.82, 2.24) is 4.72 Å². The average molecular weight is 425 g/mol. The van der Waals surface area contributed by atoms with Crippen molar-refractivity contribution in [1.29, 1.82) is 0 Å². The monoisotopic (exact) mass is 424 g/mol. The highest BCUT2D eigenvalue weighted by atomic mass is 32.2. The molecule has 6 nitrogen and oxygen atoms in total. The maximum atomic E-state index is 13.3. The van der Waals surface area contributed by atoms with Gasteiger partial charge in [0, 0.05) is 13.1 Å². The van der Waals surface area contributed by atoms with Crippen LogP contribution in [0.15, 0.2) is 64.4 Å². The van der Waals surface area contributed by atoms with Gasteiger partial charge in [0.1, 0.15) is 4.90 Å². The first kappa shape index (κ1) is 22.4. The number of rotatable bonds is 11. The molecule has 2 aromatic rings. The second kappa shape index (κ2) is 10.0. The van der Waals surface area contributed by atoms with Crippen molar-refractivity contribution >= 4 is 25.7 Å². The third-order valence-electron chi connectivity index (χ3n) is 4.29. The van der Waals surface area contributed by atoms with Crippen molar-refractivity contribution in [3.8, 4) is 0 Å². The number of hydrogen-bond donors (Lipinski definition) is 1. The van der Waals surface area contributed by atoms with Crippen LogP contribution in [0, 0.1) is 0 Å². The Labute approximate surface area is 168 Å². The number of nitrogens with zero attached hydrogens (tertiary/aromatic N) is 1. The zero-order valence-electron chi connectivity index (χ0n) is 16.3. The van der Waals surface area contributed by atoms with Gasteiger partial charge >= 0.3 is 0 Å². The number of benzene rings is 2. The molecule has 0 aliphatic carbocycles. The Kier molecular flexibility index (Phi) is 8.03. The summed E-state index contributed by atoms with van der Waals surface area (Å²) in [6.45, 7) is 4.45. The lowest BCUT2D eigenvalue weighted by Gasteiger charge is -2.26. The number of anilines is 1. The van der Waals surface area contributed by atoms with E-state index in [2.05, 4.69) is 4.72 Å². The third kappa shape index (κ3) is 5.33. The normalized spacial score (nSPS) is 12.1. The predicted molar refractivity (Wildman–Crippen MR) is 112 cm³/mol. The van der Waals surface area contributed by atoms with E-state index >= 15 is 0 Å². The molecule has 154 valence electrons. The molecule has 8 heteroatoms. The Morgan fingerprint density at radius 3 is 2.07 bits per heavy atom. The molecule has 0 radical (unpaired) electrons. The van der Waals surface area contributed by atoms with E-state index in [9.17, 15) is 16.8 Å². The molecule has 0 fully saturated rings. The number of hydrogen-bond acceptors (Lipinski definition) is 4. The molecule has 0 aliphatic rings. The summed E-state index contributed by atoms with van der Waals surface area (Å²) in [5.74, 6) is 0. The fourth-order valence-electron chi connectivity index (χ4n) is 2.74. The summed E-state index contributed by atoms with van der Waals surface area (Å²) in [6, 6.07) is 14.3. The Bertz CT molecular complexity index is 959. The third-order valence-corrected chi connectivity index (χ3v) is 7.63. The Balaban J connectivity index is 2.54. The molecular formula is C20H28N2O4S2.